The number of carbonyl (C=O) groups excluding carboxylic acids is 1. The molecule has 128 valence electrons. The first-order valence-electron chi connectivity index (χ1n) is 8.44. The molecule has 2 aromatic heterocycles. The van der Waals surface area contributed by atoms with Crippen molar-refractivity contribution in [2.45, 2.75) is 25.0 Å². The molecule has 3 aromatic rings. The fourth-order valence-corrected chi connectivity index (χ4v) is 3.30. The number of rotatable bonds is 3. The first kappa shape index (κ1) is 15.8. The number of fused-ring (bicyclic) bond motifs is 1. The predicted molar refractivity (Wildman–Crippen MR) is 94.1 cm³/mol. The van der Waals surface area contributed by atoms with Crippen LogP contribution in [0.4, 0.5) is 0 Å². The first-order valence-corrected chi connectivity index (χ1v) is 8.44. The molecular formula is C19H20N4O2. The molecule has 1 aliphatic rings. The summed E-state index contributed by atoms with van der Waals surface area (Å²) >= 11 is 0. The summed E-state index contributed by atoms with van der Waals surface area (Å²) in [5, 5.41) is 4.11. The van der Waals surface area contributed by atoms with E-state index in [9.17, 15) is 4.79 Å². The molecule has 6 heteroatoms. The van der Waals surface area contributed by atoms with Crippen molar-refractivity contribution in [1.29, 1.82) is 0 Å². The lowest BCUT2D eigenvalue weighted by Gasteiger charge is -2.30. The Morgan fingerprint density at radius 2 is 2.28 bits per heavy atom. The van der Waals surface area contributed by atoms with Gasteiger partial charge in [0.15, 0.2) is 0 Å². The Balaban J connectivity index is 1.47. The Morgan fingerprint density at radius 1 is 1.36 bits per heavy atom. The van der Waals surface area contributed by atoms with E-state index in [2.05, 4.69) is 15.3 Å². The predicted octanol–water partition coefficient (Wildman–Crippen LogP) is 2.62. The van der Waals surface area contributed by atoms with E-state index in [0.717, 1.165) is 29.4 Å². The topological polar surface area (TPSA) is 69.0 Å². The van der Waals surface area contributed by atoms with Crippen LogP contribution in [0, 0.1) is 0 Å². The van der Waals surface area contributed by atoms with Gasteiger partial charge >= 0.3 is 0 Å². The van der Waals surface area contributed by atoms with Crippen LogP contribution < -0.4 is 5.32 Å². The summed E-state index contributed by atoms with van der Waals surface area (Å²) in [4.78, 5) is 21.1. The third-order valence-electron chi connectivity index (χ3n) is 4.67. The summed E-state index contributed by atoms with van der Waals surface area (Å²) in [7, 11) is 1.96. The van der Waals surface area contributed by atoms with Crippen LogP contribution in [0.5, 0.6) is 0 Å². The van der Waals surface area contributed by atoms with Crippen molar-refractivity contribution in [3.05, 3.63) is 60.3 Å². The number of benzene rings is 1. The van der Waals surface area contributed by atoms with Gasteiger partial charge < -0.3 is 14.6 Å². The van der Waals surface area contributed by atoms with Gasteiger partial charge in [0.25, 0.3) is 5.91 Å². The Hall–Kier alpha value is -2.73. The van der Waals surface area contributed by atoms with Crippen LogP contribution in [0.1, 0.15) is 35.0 Å². The standard InChI is InChI=1S/C19H20N4O2/c1-23-12-20-11-17(23)18-10-15(6-8-25-18)22-19(24)14-4-5-16-13(9-14)3-2-7-21-16/h2-5,7,9,11-12,15,18H,6,8,10H2,1H3,(H,22,24). The number of hydrogen-bond donors (Lipinski definition) is 1. The number of nitrogens with zero attached hydrogens (tertiary/aromatic N) is 3. The summed E-state index contributed by atoms with van der Waals surface area (Å²) in [5.41, 5.74) is 2.58. The zero-order chi connectivity index (χ0) is 17.2. The number of amides is 1. The number of pyridine rings is 1. The van der Waals surface area contributed by atoms with E-state index in [1.807, 2.05) is 48.1 Å². The average molecular weight is 336 g/mol. The van der Waals surface area contributed by atoms with E-state index in [-0.39, 0.29) is 18.1 Å². The van der Waals surface area contributed by atoms with Gasteiger partial charge in [-0.15, -0.1) is 0 Å². The molecule has 0 spiro atoms. The molecule has 0 saturated carbocycles. The van der Waals surface area contributed by atoms with Crippen molar-refractivity contribution in [2.24, 2.45) is 7.05 Å². The van der Waals surface area contributed by atoms with Gasteiger partial charge in [0, 0.05) is 36.8 Å². The largest absolute Gasteiger partial charge is 0.372 e. The average Bonchev–Trinajstić information content (AvgIpc) is 3.07. The highest BCUT2D eigenvalue weighted by Crippen LogP contribution is 2.27. The zero-order valence-electron chi connectivity index (χ0n) is 14.1. The minimum Gasteiger partial charge on any atom is -0.372 e. The summed E-state index contributed by atoms with van der Waals surface area (Å²) in [6.45, 7) is 0.627. The molecule has 1 aliphatic heterocycles. The number of nitrogens with one attached hydrogen (secondary N) is 1. The Labute approximate surface area is 145 Å². The van der Waals surface area contributed by atoms with Crippen LogP contribution in [0.15, 0.2) is 49.1 Å². The second kappa shape index (κ2) is 6.64. The van der Waals surface area contributed by atoms with E-state index in [1.165, 1.54) is 0 Å². The van der Waals surface area contributed by atoms with E-state index < -0.39 is 0 Å². The highest BCUT2D eigenvalue weighted by Gasteiger charge is 2.27. The molecule has 0 radical (unpaired) electrons. The van der Waals surface area contributed by atoms with Gasteiger partial charge in [-0.3, -0.25) is 9.78 Å². The third kappa shape index (κ3) is 3.25. The fourth-order valence-electron chi connectivity index (χ4n) is 3.30. The molecule has 1 fully saturated rings. The van der Waals surface area contributed by atoms with Crippen molar-refractivity contribution in [3.8, 4) is 0 Å². The third-order valence-corrected chi connectivity index (χ3v) is 4.67. The summed E-state index contributed by atoms with van der Waals surface area (Å²) in [6.07, 6.45) is 6.88. The van der Waals surface area contributed by atoms with Gasteiger partial charge in [0.1, 0.15) is 6.10 Å². The van der Waals surface area contributed by atoms with Gasteiger partial charge in [0.2, 0.25) is 0 Å². The molecule has 0 aliphatic carbocycles. The number of aryl methyl sites for hydroxylation is 1. The van der Waals surface area contributed by atoms with Crippen LogP contribution in [-0.2, 0) is 11.8 Å². The minimum atomic E-state index is -0.0543. The molecule has 2 unspecified atom stereocenters. The van der Waals surface area contributed by atoms with Crippen LogP contribution in [0.3, 0.4) is 0 Å². The molecule has 4 rings (SSSR count). The molecule has 1 saturated heterocycles. The van der Waals surface area contributed by atoms with Gasteiger partial charge in [-0.2, -0.15) is 0 Å². The van der Waals surface area contributed by atoms with Gasteiger partial charge in [-0.1, -0.05) is 6.07 Å². The van der Waals surface area contributed by atoms with E-state index in [1.54, 1.807) is 12.5 Å². The number of aromatic nitrogens is 3. The lowest BCUT2D eigenvalue weighted by Crippen LogP contribution is -2.40. The summed E-state index contributed by atoms with van der Waals surface area (Å²) in [6, 6.07) is 9.52. The van der Waals surface area contributed by atoms with Crippen molar-refractivity contribution in [3.63, 3.8) is 0 Å². The number of carbonyl (C=O) groups is 1. The van der Waals surface area contributed by atoms with E-state index >= 15 is 0 Å². The molecule has 1 aromatic carbocycles. The quantitative estimate of drug-likeness (QED) is 0.798. The molecule has 1 N–H and O–H groups in total. The SMILES string of the molecule is Cn1cncc1C1CC(NC(=O)c2ccc3ncccc3c2)CCO1. The van der Waals surface area contributed by atoms with Gasteiger partial charge in [0.05, 0.1) is 23.7 Å². The van der Waals surface area contributed by atoms with Crippen LogP contribution in [-0.4, -0.2) is 33.1 Å². The van der Waals surface area contributed by atoms with E-state index in [0.29, 0.717) is 12.2 Å². The Morgan fingerprint density at radius 3 is 3.12 bits per heavy atom. The van der Waals surface area contributed by atoms with Crippen LogP contribution in [0.2, 0.25) is 0 Å². The van der Waals surface area contributed by atoms with Gasteiger partial charge in [-0.25, -0.2) is 4.98 Å². The van der Waals surface area contributed by atoms with Crippen molar-refractivity contribution in [1.82, 2.24) is 19.9 Å². The maximum atomic E-state index is 12.6. The van der Waals surface area contributed by atoms with Crippen LogP contribution >= 0.6 is 0 Å². The molecule has 6 nitrogen and oxygen atoms in total. The van der Waals surface area contributed by atoms with Crippen LogP contribution in [0.25, 0.3) is 10.9 Å². The Bertz CT molecular complexity index is 905. The lowest BCUT2D eigenvalue weighted by atomic mass is 10.0. The molecular weight excluding hydrogens is 316 g/mol. The minimum absolute atomic E-state index is 0.0349. The molecule has 3 heterocycles. The van der Waals surface area contributed by atoms with Crippen molar-refractivity contribution in [2.75, 3.05) is 6.61 Å². The highest BCUT2D eigenvalue weighted by molar-refractivity contribution is 5.98. The van der Waals surface area contributed by atoms with Gasteiger partial charge in [-0.05, 0) is 37.1 Å². The summed E-state index contributed by atoms with van der Waals surface area (Å²) in [5.74, 6) is -0.0543. The molecule has 0 bridgehead atoms. The van der Waals surface area contributed by atoms with Crippen molar-refractivity contribution < 1.29 is 9.53 Å². The molecule has 1 amide bonds. The Kier molecular flexibility index (Phi) is 4.19. The maximum Gasteiger partial charge on any atom is 0.251 e. The lowest BCUT2D eigenvalue weighted by molar-refractivity contribution is -0.00301. The molecule has 2 atom stereocenters. The number of ether oxygens (including phenoxy) is 1. The summed E-state index contributed by atoms with van der Waals surface area (Å²) < 4.78 is 7.82. The number of hydrogen-bond acceptors (Lipinski definition) is 4. The normalized spacial score (nSPS) is 20.5. The first-order chi connectivity index (χ1) is 12.2. The monoisotopic (exact) mass is 336 g/mol. The second-order valence-electron chi connectivity index (χ2n) is 6.39. The smallest absolute Gasteiger partial charge is 0.251 e. The fraction of sp³-hybridized carbons (Fsp3) is 0.316. The zero-order valence-corrected chi connectivity index (χ0v) is 14.1. The maximum absolute atomic E-state index is 12.6. The molecule has 25 heavy (non-hydrogen) atoms. The number of imidazole rings is 1. The van der Waals surface area contributed by atoms with E-state index in [4.69, 9.17) is 4.74 Å². The van der Waals surface area contributed by atoms with Crippen molar-refractivity contribution >= 4 is 16.8 Å². The highest BCUT2D eigenvalue weighted by atomic mass is 16.5. The second-order valence-corrected chi connectivity index (χ2v) is 6.39.